The zero-order valence-electron chi connectivity index (χ0n) is 19.6. The molecule has 0 saturated heterocycles. The van der Waals surface area contributed by atoms with Gasteiger partial charge in [-0.3, -0.25) is 20.2 Å². The highest BCUT2D eigenvalue weighted by Gasteiger charge is 2.17. The van der Waals surface area contributed by atoms with E-state index in [1.54, 1.807) is 23.9 Å². The van der Waals surface area contributed by atoms with Crippen LogP contribution in [-0.4, -0.2) is 30.9 Å². The molecule has 0 radical (unpaired) electrons. The highest BCUT2D eigenvalue weighted by Crippen LogP contribution is 2.27. The second-order valence-corrected chi connectivity index (χ2v) is 9.06. The van der Waals surface area contributed by atoms with Crippen molar-refractivity contribution in [1.82, 2.24) is 20.3 Å². The van der Waals surface area contributed by atoms with Gasteiger partial charge in [0.15, 0.2) is 5.11 Å². The Hall–Kier alpha value is -3.89. The molecular formula is C25H23ClN6O3S. The molecule has 4 rings (SSSR count). The lowest BCUT2D eigenvalue weighted by Gasteiger charge is -2.11. The smallest absolute Gasteiger partial charge is 0.273 e. The molecule has 0 fully saturated rings. The molecule has 9 nitrogen and oxygen atoms in total. The van der Waals surface area contributed by atoms with Gasteiger partial charge in [-0.2, -0.15) is 4.80 Å². The third-order valence-corrected chi connectivity index (χ3v) is 6.12. The zero-order valence-corrected chi connectivity index (χ0v) is 21.2. The number of thiocarbonyl (C=S) groups is 1. The summed E-state index contributed by atoms with van der Waals surface area (Å²) in [6, 6.07) is 15.7. The molecule has 0 bridgehead atoms. The minimum Gasteiger partial charge on any atom is -0.331 e. The standard InChI is InChI=1S/C25H23ClN6O3S/c1-3-4-5-16-7-10-18(11-8-16)31-29-21-13-19(26)20(14-22(21)30-31)27-25(36)28-24(33)17-9-6-15(2)23(12-17)32(34)35/h6-14H,3-5H2,1-2H3,(H2,27,28,33,36). The second kappa shape index (κ2) is 10.8. The fourth-order valence-electron chi connectivity index (χ4n) is 3.60. The van der Waals surface area contributed by atoms with Crippen LogP contribution < -0.4 is 10.6 Å². The van der Waals surface area contributed by atoms with E-state index in [1.807, 2.05) is 12.1 Å². The first-order valence-corrected chi connectivity index (χ1v) is 12.1. The van der Waals surface area contributed by atoms with E-state index in [1.165, 1.54) is 23.8 Å². The number of nitro groups is 1. The summed E-state index contributed by atoms with van der Waals surface area (Å²) in [6.45, 7) is 3.77. The van der Waals surface area contributed by atoms with Gasteiger partial charge in [0.2, 0.25) is 0 Å². The lowest BCUT2D eigenvalue weighted by atomic mass is 10.1. The van der Waals surface area contributed by atoms with Crippen LogP contribution in [0, 0.1) is 17.0 Å². The van der Waals surface area contributed by atoms with Gasteiger partial charge in [0, 0.05) is 17.2 Å². The lowest BCUT2D eigenvalue weighted by molar-refractivity contribution is -0.385. The van der Waals surface area contributed by atoms with Crippen LogP contribution in [0.15, 0.2) is 54.6 Å². The summed E-state index contributed by atoms with van der Waals surface area (Å²) in [5.74, 6) is -0.582. The molecule has 184 valence electrons. The number of fused-ring (bicyclic) bond motifs is 1. The molecule has 0 aliphatic heterocycles. The van der Waals surface area contributed by atoms with Crippen molar-refractivity contribution >= 4 is 57.2 Å². The molecule has 1 heterocycles. The predicted octanol–water partition coefficient (Wildman–Crippen LogP) is 5.76. The normalized spacial score (nSPS) is 10.9. The molecule has 0 aliphatic rings. The van der Waals surface area contributed by atoms with Gasteiger partial charge in [0.05, 0.1) is 21.3 Å². The van der Waals surface area contributed by atoms with Crippen LogP contribution in [0.1, 0.15) is 41.3 Å². The Bertz CT molecular complexity index is 1470. The van der Waals surface area contributed by atoms with E-state index in [9.17, 15) is 14.9 Å². The van der Waals surface area contributed by atoms with Gasteiger partial charge in [-0.15, -0.1) is 10.2 Å². The Balaban J connectivity index is 1.48. The number of unbranched alkanes of at least 4 members (excludes halogenated alkanes) is 1. The first-order chi connectivity index (χ1) is 17.2. The molecule has 2 N–H and O–H groups in total. The van der Waals surface area contributed by atoms with E-state index in [4.69, 9.17) is 23.8 Å². The minimum absolute atomic E-state index is 0.0143. The van der Waals surface area contributed by atoms with Gasteiger partial charge >= 0.3 is 0 Å². The maximum Gasteiger partial charge on any atom is 0.273 e. The number of nitro benzene ring substituents is 1. The van der Waals surface area contributed by atoms with E-state index in [-0.39, 0.29) is 16.4 Å². The summed E-state index contributed by atoms with van der Waals surface area (Å²) in [4.78, 5) is 24.7. The van der Waals surface area contributed by atoms with Gasteiger partial charge in [-0.1, -0.05) is 43.1 Å². The quantitative estimate of drug-likeness (QED) is 0.180. The van der Waals surface area contributed by atoms with Gasteiger partial charge < -0.3 is 5.32 Å². The van der Waals surface area contributed by atoms with Crippen molar-refractivity contribution in [3.63, 3.8) is 0 Å². The topological polar surface area (TPSA) is 115 Å². The average Bonchev–Trinajstić information content (AvgIpc) is 3.25. The minimum atomic E-state index is -0.582. The number of nitrogens with zero attached hydrogens (tertiary/aromatic N) is 4. The molecule has 36 heavy (non-hydrogen) atoms. The fourth-order valence-corrected chi connectivity index (χ4v) is 4.01. The fraction of sp³-hybridized carbons (Fsp3) is 0.200. The van der Waals surface area contributed by atoms with Crippen molar-refractivity contribution < 1.29 is 9.72 Å². The molecule has 0 saturated carbocycles. The van der Waals surface area contributed by atoms with Gasteiger partial charge in [0.25, 0.3) is 11.6 Å². The van der Waals surface area contributed by atoms with Gasteiger partial charge in [-0.05, 0) is 67.9 Å². The molecule has 3 aromatic carbocycles. The average molecular weight is 523 g/mol. The van der Waals surface area contributed by atoms with Crippen molar-refractivity contribution in [2.24, 2.45) is 0 Å². The Labute approximate surface area is 217 Å². The summed E-state index contributed by atoms with van der Waals surface area (Å²) in [5.41, 5.74) is 4.14. The van der Waals surface area contributed by atoms with E-state index < -0.39 is 10.8 Å². The van der Waals surface area contributed by atoms with Crippen molar-refractivity contribution in [3.8, 4) is 5.69 Å². The summed E-state index contributed by atoms with van der Waals surface area (Å²) >= 11 is 11.7. The largest absolute Gasteiger partial charge is 0.331 e. The van der Waals surface area contributed by atoms with E-state index in [2.05, 4.69) is 39.9 Å². The van der Waals surface area contributed by atoms with Gasteiger partial charge in [0.1, 0.15) is 11.0 Å². The number of nitrogens with one attached hydrogen (secondary N) is 2. The first kappa shape index (κ1) is 25.2. The molecule has 1 amide bonds. The van der Waals surface area contributed by atoms with E-state index >= 15 is 0 Å². The molecule has 0 spiro atoms. The number of benzene rings is 3. The summed E-state index contributed by atoms with van der Waals surface area (Å²) in [5, 5.41) is 25.9. The molecule has 1 aromatic heterocycles. The van der Waals surface area contributed by atoms with Gasteiger partial charge in [-0.25, -0.2) is 0 Å². The van der Waals surface area contributed by atoms with Crippen LogP contribution >= 0.6 is 23.8 Å². The van der Waals surface area contributed by atoms with Crippen molar-refractivity contribution in [2.75, 3.05) is 5.32 Å². The Morgan fingerprint density at radius 2 is 1.81 bits per heavy atom. The number of rotatable bonds is 7. The third-order valence-electron chi connectivity index (χ3n) is 5.60. The number of amides is 1. The zero-order chi connectivity index (χ0) is 25.8. The molecule has 0 atom stereocenters. The summed E-state index contributed by atoms with van der Waals surface area (Å²) < 4.78 is 0. The highest BCUT2D eigenvalue weighted by atomic mass is 35.5. The maximum absolute atomic E-state index is 12.6. The summed E-state index contributed by atoms with van der Waals surface area (Å²) in [6.07, 6.45) is 3.32. The maximum atomic E-state index is 12.6. The molecular weight excluding hydrogens is 500 g/mol. The number of halogens is 1. The van der Waals surface area contributed by atoms with E-state index in [0.717, 1.165) is 24.9 Å². The van der Waals surface area contributed by atoms with Crippen LogP contribution in [0.5, 0.6) is 0 Å². The van der Waals surface area contributed by atoms with Crippen LogP contribution in [0.3, 0.4) is 0 Å². The van der Waals surface area contributed by atoms with Crippen LogP contribution in [-0.2, 0) is 6.42 Å². The number of aryl methyl sites for hydroxylation is 2. The Morgan fingerprint density at radius 3 is 2.47 bits per heavy atom. The van der Waals surface area contributed by atoms with Crippen molar-refractivity contribution in [2.45, 2.75) is 33.1 Å². The number of carbonyl (C=O) groups excluding carboxylic acids is 1. The number of hydrogen-bond acceptors (Lipinski definition) is 6. The Morgan fingerprint density at radius 1 is 1.11 bits per heavy atom. The summed E-state index contributed by atoms with van der Waals surface area (Å²) in [7, 11) is 0. The predicted molar refractivity (Wildman–Crippen MR) is 144 cm³/mol. The van der Waals surface area contributed by atoms with E-state index in [0.29, 0.717) is 27.3 Å². The number of aromatic nitrogens is 3. The number of anilines is 1. The first-order valence-electron chi connectivity index (χ1n) is 11.3. The van der Waals surface area contributed by atoms with Crippen LogP contribution in [0.25, 0.3) is 16.7 Å². The molecule has 0 aliphatic carbocycles. The van der Waals surface area contributed by atoms with Crippen molar-refractivity contribution in [1.29, 1.82) is 0 Å². The van der Waals surface area contributed by atoms with Crippen molar-refractivity contribution in [3.05, 3.63) is 86.4 Å². The van der Waals surface area contributed by atoms with Crippen LogP contribution in [0.4, 0.5) is 11.4 Å². The van der Waals surface area contributed by atoms with Crippen LogP contribution in [0.2, 0.25) is 5.02 Å². The monoisotopic (exact) mass is 522 g/mol. The number of hydrogen-bond donors (Lipinski definition) is 2. The number of carbonyl (C=O) groups is 1. The third kappa shape index (κ3) is 5.67. The molecule has 0 unspecified atom stereocenters. The lowest BCUT2D eigenvalue weighted by Crippen LogP contribution is -2.34. The second-order valence-electron chi connectivity index (χ2n) is 8.25. The molecule has 4 aromatic rings. The Kier molecular flexibility index (Phi) is 7.56. The SMILES string of the molecule is CCCCc1ccc(-n2nc3cc(Cl)c(NC(=S)NC(=O)c4ccc(C)c([N+](=O)[O-])c4)cc3n2)cc1. The molecule has 11 heteroatoms. The highest BCUT2D eigenvalue weighted by molar-refractivity contribution is 7.80.